The Labute approximate surface area is 125 Å². The molecule has 0 saturated carbocycles. The molecule has 20 heavy (non-hydrogen) atoms. The van der Waals surface area contributed by atoms with Crippen molar-refractivity contribution in [1.29, 1.82) is 0 Å². The van der Waals surface area contributed by atoms with Crippen molar-refractivity contribution in [3.63, 3.8) is 0 Å². The number of halogens is 1. The van der Waals surface area contributed by atoms with Crippen molar-refractivity contribution in [1.82, 2.24) is 5.32 Å². The van der Waals surface area contributed by atoms with Crippen LogP contribution in [0.1, 0.15) is 24.2 Å². The fourth-order valence-corrected chi connectivity index (χ4v) is 2.08. The standard InChI is InChI=1S/C13H17BrN2O4/c1-9(2)8-20-7-6-15-13(17)10-4-3-5-11(12(10)14)16(18)19/h3-5,9H,6-8H2,1-2H3,(H,15,17). The van der Waals surface area contributed by atoms with Gasteiger partial charge in [0.2, 0.25) is 0 Å². The topological polar surface area (TPSA) is 81.5 Å². The van der Waals surface area contributed by atoms with Gasteiger partial charge in [0.15, 0.2) is 0 Å². The van der Waals surface area contributed by atoms with Gasteiger partial charge in [-0.3, -0.25) is 14.9 Å². The highest BCUT2D eigenvalue weighted by molar-refractivity contribution is 9.10. The summed E-state index contributed by atoms with van der Waals surface area (Å²) in [5.74, 6) is 0.0744. The average Bonchev–Trinajstić information content (AvgIpc) is 2.37. The van der Waals surface area contributed by atoms with Crippen LogP contribution in [0, 0.1) is 16.0 Å². The van der Waals surface area contributed by atoms with E-state index in [2.05, 4.69) is 21.2 Å². The second kappa shape index (κ2) is 7.96. The molecule has 1 N–H and O–H groups in total. The lowest BCUT2D eigenvalue weighted by molar-refractivity contribution is -0.385. The van der Waals surface area contributed by atoms with E-state index in [1.165, 1.54) is 18.2 Å². The van der Waals surface area contributed by atoms with E-state index in [1.807, 2.05) is 13.8 Å². The number of nitrogens with one attached hydrogen (secondary N) is 1. The second-order valence-electron chi connectivity index (χ2n) is 4.62. The zero-order chi connectivity index (χ0) is 15.1. The highest BCUT2D eigenvalue weighted by Gasteiger charge is 2.18. The maximum absolute atomic E-state index is 11.9. The summed E-state index contributed by atoms with van der Waals surface area (Å²) in [6, 6.07) is 4.35. The molecule has 1 amide bonds. The summed E-state index contributed by atoms with van der Waals surface area (Å²) in [5, 5.41) is 13.4. The van der Waals surface area contributed by atoms with Crippen LogP contribution in [0.2, 0.25) is 0 Å². The Morgan fingerprint density at radius 3 is 2.80 bits per heavy atom. The number of benzene rings is 1. The summed E-state index contributed by atoms with van der Waals surface area (Å²) in [4.78, 5) is 22.2. The molecule has 0 bridgehead atoms. The van der Waals surface area contributed by atoms with Crippen molar-refractivity contribution in [2.45, 2.75) is 13.8 Å². The number of nitro benzene ring substituents is 1. The van der Waals surface area contributed by atoms with Crippen molar-refractivity contribution in [3.05, 3.63) is 38.3 Å². The number of amides is 1. The lowest BCUT2D eigenvalue weighted by atomic mass is 10.2. The van der Waals surface area contributed by atoms with E-state index in [9.17, 15) is 14.9 Å². The minimum atomic E-state index is -0.535. The fourth-order valence-electron chi connectivity index (χ4n) is 1.49. The van der Waals surface area contributed by atoms with Gasteiger partial charge in [0.05, 0.1) is 17.1 Å². The molecule has 0 unspecified atom stereocenters. The first-order valence-electron chi connectivity index (χ1n) is 6.22. The van der Waals surface area contributed by atoms with Crippen molar-refractivity contribution < 1.29 is 14.5 Å². The van der Waals surface area contributed by atoms with Gasteiger partial charge in [-0.25, -0.2) is 0 Å². The van der Waals surface area contributed by atoms with E-state index in [0.29, 0.717) is 25.7 Å². The van der Waals surface area contributed by atoms with Crippen molar-refractivity contribution >= 4 is 27.5 Å². The third kappa shape index (κ3) is 4.90. The number of hydrogen-bond acceptors (Lipinski definition) is 4. The van der Waals surface area contributed by atoms with Gasteiger partial charge < -0.3 is 10.1 Å². The number of rotatable bonds is 7. The molecule has 7 heteroatoms. The first-order valence-corrected chi connectivity index (χ1v) is 7.01. The number of nitro groups is 1. The number of carbonyl (C=O) groups excluding carboxylic acids is 1. The predicted octanol–water partition coefficient (Wildman–Crippen LogP) is 2.76. The van der Waals surface area contributed by atoms with Crippen LogP contribution in [-0.2, 0) is 4.74 Å². The predicted molar refractivity (Wildman–Crippen MR) is 78.8 cm³/mol. The normalized spacial score (nSPS) is 10.6. The molecule has 1 aromatic carbocycles. The summed E-state index contributed by atoms with van der Waals surface area (Å²) < 4.78 is 5.52. The molecule has 0 spiro atoms. The van der Waals surface area contributed by atoms with E-state index in [0.717, 1.165) is 0 Å². The van der Waals surface area contributed by atoms with Gasteiger partial charge in [0.25, 0.3) is 11.6 Å². The first-order chi connectivity index (χ1) is 9.43. The summed E-state index contributed by atoms with van der Waals surface area (Å²) in [5.41, 5.74) is 0.108. The summed E-state index contributed by atoms with van der Waals surface area (Å²) >= 11 is 3.09. The van der Waals surface area contributed by atoms with Gasteiger partial charge in [-0.2, -0.15) is 0 Å². The fraction of sp³-hybridized carbons (Fsp3) is 0.462. The van der Waals surface area contributed by atoms with Crippen LogP contribution in [0.15, 0.2) is 22.7 Å². The first kappa shape index (κ1) is 16.6. The molecule has 1 aromatic rings. The summed E-state index contributed by atoms with van der Waals surface area (Å²) in [6.07, 6.45) is 0. The third-order valence-electron chi connectivity index (χ3n) is 2.40. The SMILES string of the molecule is CC(C)COCCNC(=O)c1cccc([N+](=O)[O-])c1Br. The van der Waals surface area contributed by atoms with E-state index >= 15 is 0 Å². The molecule has 0 aromatic heterocycles. The summed E-state index contributed by atoms with van der Waals surface area (Å²) in [7, 11) is 0. The van der Waals surface area contributed by atoms with E-state index in [-0.39, 0.29) is 21.6 Å². The van der Waals surface area contributed by atoms with Crippen LogP contribution in [0.4, 0.5) is 5.69 Å². The molecule has 0 aliphatic carbocycles. The zero-order valence-corrected chi connectivity index (χ0v) is 13.0. The van der Waals surface area contributed by atoms with Crippen molar-refractivity contribution in [2.24, 2.45) is 5.92 Å². The van der Waals surface area contributed by atoms with Gasteiger partial charge >= 0.3 is 0 Å². The van der Waals surface area contributed by atoms with Crippen LogP contribution < -0.4 is 5.32 Å². The molecular formula is C13H17BrN2O4. The third-order valence-corrected chi connectivity index (χ3v) is 3.24. The van der Waals surface area contributed by atoms with Crippen molar-refractivity contribution in [3.8, 4) is 0 Å². The van der Waals surface area contributed by atoms with Gasteiger partial charge in [0, 0.05) is 19.2 Å². The Bertz CT molecular complexity index is 491. The highest BCUT2D eigenvalue weighted by Crippen LogP contribution is 2.28. The monoisotopic (exact) mass is 344 g/mol. The molecule has 6 nitrogen and oxygen atoms in total. The van der Waals surface area contributed by atoms with E-state index in [1.54, 1.807) is 0 Å². The zero-order valence-electron chi connectivity index (χ0n) is 11.4. The Kier molecular flexibility index (Phi) is 6.60. The molecular weight excluding hydrogens is 328 g/mol. The Morgan fingerprint density at radius 1 is 1.50 bits per heavy atom. The molecule has 0 atom stereocenters. The van der Waals surface area contributed by atoms with Crippen LogP contribution in [-0.4, -0.2) is 30.6 Å². The smallest absolute Gasteiger partial charge is 0.284 e. The number of ether oxygens (including phenoxy) is 1. The molecule has 110 valence electrons. The molecule has 0 radical (unpaired) electrons. The molecule has 0 aliphatic heterocycles. The molecule has 0 fully saturated rings. The highest BCUT2D eigenvalue weighted by atomic mass is 79.9. The quantitative estimate of drug-likeness (QED) is 0.468. The largest absolute Gasteiger partial charge is 0.379 e. The van der Waals surface area contributed by atoms with Gasteiger partial charge in [-0.1, -0.05) is 19.9 Å². The maximum atomic E-state index is 11.9. The molecule has 0 saturated heterocycles. The minimum Gasteiger partial charge on any atom is -0.379 e. The number of carbonyl (C=O) groups is 1. The molecule has 0 aliphatic rings. The maximum Gasteiger partial charge on any atom is 0.284 e. The Balaban J connectivity index is 2.56. The number of hydrogen-bond donors (Lipinski definition) is 1. The lowest BCUT2D eigenvalue weighted by Gasteiger charge is -2.09. The Hall–Kier alpha value is -1.47. The van der Waals surface area contributed by atoms with Crippen LogP contribution >= 0.6 is 15.9 Å². The average molecular weight is 345 g/mol. The van der Waals surface area contributed by atoms with Gasteiger partial charge in [0.1, 0.15) is 4.47 Å². The van der Waals surface area contributed by atoms with Crippen LogP contribution in [0.25, 0.3) is 0 Å². The minimum absolute atomic E-state index is 0.131. The van der Waals surface area contributed by atoms with Crippen molar-refractivity contribution in [2.75, 3.05) is 19.8 Å². The second-order valence-corrected chi connectivity index (χ2v) is 5.41. The Morgan fingerprint density at radius 2 is 2.20 bits per heavy atom. The van der Waals surface area contributed by atoms with Crippen LogP contribution in [0.3, 0.4) is 0 Å². The lowest BCUT2D eigenvalue weighted by Crippen LogP contribution is -2.28. The molecule has 1 rings (SSSR count). The van der Waals surface area contributed by atoms with Gasteiger partial charge in [-0.05, 0) is 27.9 Å². The van der Waals surface area contributed by atoms with Crippen LogP contribution in [0.5, 0.6) is 0 Å². The van der Waals surface area contributed by atoms with Gasteiger partial charge in [-0.15, -0.1) is 0 Å². The number of nitrogens with zero attached hydrogens (tertiary/aromatic N) is 1. The summed E-state index contributed by atoms with van der Waals surface area (Å²) in [6.45, 7) is 5.49. The molecule has 0 heterocycles. The van der Waals surface area contributed by atoms with E-state index in [4.69, 9.17) is 4.74 Å². The van der Waals surface area contributed by atoms with E-state index < -0.39 is 4.92 Å².